The van der Waals surface area contributed by atoms with Crippen LogP contribution in [0.1, 0.15) is 6.92 Å². The summed E-state index contributed by atoms with van der Waals surface area (Å²) in [6, 6.07) is 0. The van der Waals surface area contributed by atoms with E-state index in [1.54, 1.807) is 6.92 Å². The predicted molar refractivity (Wildman–Crippen MR) is 26.5 cm³/mol. The summed E-state index contributed by atoms with van der Waals surface area (Å²) in [6.07, 6.45) is 0. The van der Waals surface area contributed by atoms with Gasteiger partial charge in [-0.05, 0) is 0 Å². The zero-order valence-electron chi connectivity index (χ0n) is 5.69. The molecule has 1 atom stereocenters. The number of methoxy groups -OCH3 is 1. The van der Waals surface area contributed by atoms with Crippen molar-refractivity contribution in [3.05, 3.63) is 6.92 Å². The second kappa shape index (κ2) is 8.57. The van der Waals surface area contributed by atoms with Gasteiger partial charge in [0.1, 0.15) is 0 Å². The van der Waals surface area contributed by atoms with Crippen LogP contribution in [0.2, 0.25) is 0 Å². The fourth-order valence-corrected chi connectivity index (χ4v) is 0.201. The van der Waals surface area contributed by atoms with Crippen LogP contribution in [0.25, 0.3) is 0 Å². The van der Waals surface area contributed by atoms with Crippen LogP contribution in [-0.4, -0.2) is 13.1 Å². The molecule has 2 nitrogen and oxygen atoms in total. The SMILES string of the molecule is [Br-].[CH2-][C@H](C)C(=O)OC.[Zn+2]. The van der Waals surface area contributed by atoms with Gasteiger partial charge in [0.25, 0.3) is 5.97 Å². The fraction of sp³-hybridized carbons (Fsp3) is 0.600. The number of esters is 1. The molecule has 0 aliphatic heterocycles. The van der Waals surface area contributed by atoms with Crippen molar-refractivity contribution in [2.45, 2.75) is 6.92 Å². The summed E-state index contributed by atoms with van der Waals surface area (Å²) in [5.41, 5.74) is 0. The van der Waals surface area contributed by atoms with Crippen LogP contribution in [0.5, 0.6) is 0 Å². The van der Waals surface area contributed by atoms with E-state index in [0.717, 1.165) is 0 Å². The van der Waals surface area contributed by atoms with E-state index in [0.29, 0.717) is 0 Å². The molecule has 0 bridgehead atoms. The average molecular weight is 246 g/mol. The first kappa shape index (κ1) is 16.3. The van der Waals surface area contributed by atoms with Crippen molar-refractivity contribution in [2.75, 3.05) is 7.11 Å². The van der Waals surface area contributed by atoms with Crippen molar-refractivity contribution in [2.24, 2.45) is 5.92 Å². The van der Waals surface area contributed by atoms with E-state index in [1.807, 2.05) is 0 Å². The van der Waals surface area contributed by atoms with Crippen molar-refractivity contribution in [3.8, 4) is 0 Å². The minimum atomic E-state index is -0.264. The molecule has 0 fully saturated rings. The molecule has 0 heterocycles. The Morgan fingerprint density at radius 1 is 1.67 bits per heavy atom. The number of hydrogen-bond acceptors (Lipinski definition) is 2. The molecule has 0 saturated carbocycles. The summed E-state index contributed by atoms with van der Waals surface area (Å²) >= 11 is 0. The van der Waals surface area contributed by atoms with Gasteiger partial charge in [-0.3, -0.25) is 4.79 Å². The minimum Gasteiger partial charge on any atom is -1.00 e. The van der Waals surface area contributed by atoms with Crippen molar-refractivity contribution in [1.29, 1.82) is 0 Å². The molecule has 0 rings (SSSR count). The Hall–Kier alpha value is 0.573. The van der Waals surface area contributed by atoms with Crippen LogP contribution < -0.4 is 17.0 Å². The molecule has 0 aliphatic carbocycles. The van der Waals surface area contributed by atoms with Crippen molar-refractivity contribution >= 4 is 5.97 Å². The quantitative estimate of drug-likeness (QED) is 0.294. The van der Waals surface area contributed by atoms with Crippen molar-refractivity contribution < 1.29 is 46.0 Å². The van der Waals surface area contributed by atoms with E-state index in [9.17, 15) is 4.79 Å². The number of carbonyl (C=O) groups is 1. The molecule has 9 heavy (non-hydrogen) atoms. The van der Waals surface area contributed by atoms with Crippen LogP contribution in [-0.2, 0) is 29.0 Å². The molecule has 0 aromatic rings. The van der Waals surface area contributed by atoms with Gasteiger partial charge in [0, 0.05) is 0 Å². The number of rotatable bonds is 1. The third-order valence-corrected chi connectivity index (χ3v) is 0.604. The standard InChI is InChI=1S/C5H9O2.BrH.Zn/c1-4(2)5(6)7-3;;/h4H,1H2,2-3H3;1H;/q-1;;+2/p-1/t4-;;/m1../s1. The van der Waals surface area contributed by atoms with E-state index in [-0.39, 0.29) is 48.3 Å². The summed E-state index contributed by atoms with van der Waals surface area (Å²) in [5.74, 6) is -0.509. The zero-order chi connectivity index (χ0) is 5.86. The first-order valence-corrected chi connectivity index (χ1v) is 2.09. The Bertz CT molecular complexity index is 75.4. The molecule has 0 spiro atoms. The van der Waals surface area contributed by atoms with Gasteiger partial charge in [0.15, 0.2) is 0 Å². The number of carbonyl (C=O) groups excluding carboxylic acids is 1. The molecule has 0 aliphatic rings. The Morgan fingerprint density at radius 2 is 2.00 bits per heavy atom. The van der Waals surface area contributed by atoms with Gasteiger partial charge >= 0.3 is 19.5 Å². The van der Waals surface area contributed by atoms with Gasteiger partial charge in [-0.25, -0.2) is 0 Å². The van der Waals surface area contributed by atoms with E-state index < -0.39 is 0 Å². The minimum absolute atomic E-state index is 0. The van der Waals surface area contributed by atoms with Crippen molar-refractivity contribution in [1.82, 2.24) is 0 Å². The molecule has 50 valence electrons. The van der Waals surface area contributed by atoms with Crippen LogP contribution in [0.4, 0.5) is 0 Å². The van der Waals surface area contributed by atoms with Crippen LogP contribution in [0.15, 0.2) is 0 Å². The number of ether oxygens (including phenoxy) is 1. The third-order valence-electron chi connectivity index (χ3n) is 0.604. The second-order valence-corrected chi connectivity index (χ2v) is 1.42. The molecule has 0 aromatic heterocycles. The molecule has 0 amide bonds. The summed E-state index contributed by atoms with van der Waals surface area (Å²) in [7, 11) is 1.35. The predicted octanol–water partition coefficient (Wildman–Crippen LogP) is -2.37. The summed E-state index contributed by atoms with van der Waals surface area (Å²) < 4.78 is 4.31. The van der Waals surface area contributed by atoms with Gasteiger partial charge in [-0.1, -0.05) is 12.8 Å². The van der Waals surface area contributed by atoms with Crippen LogP contribution >= 0.6 is 0 Å². The molecule has 0 unspecified atom stereocenters. The van der Waals surface area contributed by atoms with E-state index in [4.69, 9.17) is 0 Å². The monoisotopic (exact) mass is 244 g/mol. The smallest absolute Gasteiger partial charge is 1.00 e. The van der Waals surface area contributed by atoms with Crippen LogP contribution in [0, 0.1) is 12.8 Å². The van der Waals surface area contributed by atoms with E-state index >= 15 is 0 Å². The summed E-state index contributed by atoms with van der Waals surface area (Å²) in [6.45, 7) is 5.12. The maximum absolute atomic E-state index is 10.2. The Labute approximate surface area is 78.9 Å². The second-order valence-electron chi connectivity index (χ2n) is 1.42. The summed E-state index contributed by atoms with van der Waals surface area (Å²) in [5, 5.41) is 0. The molecule has 0 aromatic carbocycles. The maximum Gasteiger partial charge on any atom is 2.00 e. The fourth-order valence-electron chi connectivity index (χ4n) is 0.201. The van der Waals surface area contributed by atoms with Crippen molar-refractivity contribution in [3.63, 3.8) is 0 Å². The Kier molecular flexibility index (Phi) is 15.5. The number of hydrogen-bond donors (Lipinski definition) is 0. The molecule has 0 N–H and O–H groups in total. The van der Waals surface area contributed by atoms with Crippen LogP contribution in [0.3, 0.4) is 0 Å². The Balaban J connectivity index is -0.000000180. The normalized spacial score (nSPS) is 10.1. The van der Waals surface area contributed by atoms with Gasteiger partial charge < -0.3 is 28.6 Å². The summed E-state index contributed by atoms with van der Waals surface area (Å²) in [4.78, 5) is 10.2. The van der Waals surface area contributed by atoms with Gasteiger partial charge in [-0.15, -0.1) is 0 Å². The van der Waals surface area contributed by atoms with E-state index in [1.165, 1.54) is 7.11 Å². The molecular weight excluding hydrogens is 237 g/mol. The molecule has 0 saturated heterocycles. The number of halogens is 1. The van der Waals surface area contributed by atoms with E-state index in [2.05, 4.69) is 11.7 Å². The third kappa shape index (κ3) is 8.57. The molecule has 4 heteroatoms. The van der Waals surface area contributed by atoms with Gasteiger partial charge in [0.2, 0.25) is 0 Å². The Morgan fingerprint density at radius 3 is 2.00 bits per heavy atom. The zero-order valence-corrected chi connectivity index (χ0v) is 10.2. The molecule has 0 radical (unpaired) electrons. The topological polar surface area (TPSA) is 26.3 Å². The first-order valence-electron chi connectivity index (χ1n) is 2.09. The van der Waals surface area contributed by atoms with Gasteiger partial charge in [0.05, 0.1) is 7.11 Å². The maximum atomic E-state index is 10.2. The average Bonchev–Trinajstić information content (AvgIpc) is 1.65. The molecular formula is C5H9BrO2Zn. The van der Waals surface area contributed by atoms with Gasteiger partial charge in [-0.2, -0.15) is 0 Å². The largest absolute Gasteiger partial charge is 2.00 e. The first-order chi connectivity index (χ1) is 3.18.